The van der Waals surface area contributed by atoms with Gasteiger partial charge in [-0.2, -0.15) is 4.74 Å². The van der Waals surface area contributed by atoms with E-state index in [2.05, 4.69) is 47.6 Å². The quantitative estimate of drug-likeness (QED) is 0.181. The summed E-state index contributed by atoms with van der Waals surface area (Å²) in [4.78, 5) is 11.6. The van der Waals surface area contributed by atoms with E-state index >= 15 is 0 Å². The summed E-state index contributed by atoms with van der Waals surface area (Å²) in [5.41, 5.74) is 1.94. The van der Waals surface area contributed by atoms with Crippen LogP contribution in [0.3, 0.4) is 0 Å². The highest BCUT2D eigenvalue weighted by Crippen LogP contribution is 2.31. The Morgan fingerprint density at radius 1 is 0.880 bits per heavy atom. The van der Waals surface area contributed by atoms with Crippen LogP contribution in [0.25, 0.3) is 0 Å². The lowest BCUT2D eigenvalue weighted by molar-refractivity contribution is -0.541. The third-order valence-electron chi connectivity index (χ3n) is 3.95. The number of esters is 1. The molecule has 0 unspecified atom stereocenters. The van der Waals surface area contributed by atoms with Gasteiger partial charge in [0.05, 0.1) is 5.56 Å². The van der Waals surface area contributed by atoms with Crippen LogP contribution in [0, 0.1) is 5.21 Å². The van der Waals surface area contributed by atoms with Gasteiger partial charge in [0.15, 0.2) is 5.54 Å². The third kappa shape index (κ3) is 5.58. The number of hydroxylamine groups is 1. The Morgan fingerprint density at radius 2 is 1.28 bits per heavy atom. The number of hydrogen-bond donors (Lipinski definition) is 0. The maximum absolute atomic E-state index is 12.8. The molecule has 0 aromatic heterocycles. The number of hydrogen-bond acceptors (Lipinski definition) is 3. The summed E-state index contributed by atoms with van der Waals surface area (Å²) in [5, 5.41) is 12.8. The normalized spacial score (nSPS) is 14.2. The topological polar surface area (TPSA) is 52.4 Å². The molecule has 0 aliphatic carbocycles. The average molecular weight is 347 g/mol. The van der Waals surface area contributed by atoms with Crippen LogP contribution in [-0.2, 0) is 20.4 Å². The minimum absolute atomic E-state index is 0.0524. The molecule has 0 fully saturated rings. The Hall–Kier alpha value is -1.84. The predicted molar refractivity (Wildman–Crippen MR) is 103 cm³/mol. The second-order valence-electron chi connectivity index (χ2n) is 9.66. The average Bonchev–Trinajstić information content (AvgIpc) is 2.40. The zero-order valence-corrected chi connectivity index (χ0v) is 17.4. The molecule has 1 aromatic rings. The van der Waals surface area contributed by atoms with Crippen molar-refractivity contribution in [3.05, 3.63) is 40.1 Å². The predicted octanol–water partition coefficient (Wildman–Crippen LogP) is 4.90. The van der Waals surface area contributed by atoms with Gasteiger partial charge in [-0.15, -0.1) is 0 Å². The summed E-state index contributed by atoms with van der Waals surface area (Å²) >= 11 is 0. The van der Waals surface area contributed by atoms with Gasteiger partial charge >= 0.3 is 11.9 Å². The van der Waals surface area contributed by atoms with Crippen molar-refractivity contribution in [2.75, 3.05) is 0 Å². The van der Waals surface area contributed by atoms with Gasteiger partial charge in [-0.1, -0.05) is 47.6 Å². The second kappa shape index (κ2) is 6.81. The van der Waals surface area contributed by atoms with E-state index < -0.39 is 11.5 Å². The highest BCUT2D eigenvalue weighted by molar-refractivity contribution is 5.97. The fraction of sp³-hybridized carbons (Fsp3) is 0.619. The molecule has 0 spiro atoms. The minimum atomic E-state index is -0.718. The van der Waals surface area contributed by atoms with Gasteiger partial charge in [0.2, 0.25) is 0 Å². The lowest BCUT2D eigenvalue weighted by Crippen LogP contribution is -2.36. The summed E-state index contributed by atoms with van der Waals surface area (Å²) in [6.45, 7) is 19.5. The molecule has 0 saturated carbocycles. The first-order valence-corrected chi connectivity index (χ1v) is 8.72. The van der Waals surface area contributed by atoms with Crippen LogP contribution in [0.15, 0.2) is 18.2 Å². The van der Waals surface area contributed by atoms with Crippen molar-refractivity contribution >= 4 is 11.9 Å². The molecule has 0 aliphatic rings. The maximum Gasteiger partial charge on any atom is 0.389 e. The summed E-state index contributed by atoms with van der Waals surface area (Å²) in [7, 11) is 0. The summed E-state index contributed by atoms with van der Waals surface area (Å²) in [5.74, 6) is -0.449. The highest BCUT2D eigenvalue weighted by atomic mass is 16.6. The van der Waals surface area contributed by atoms with Gasteiger partial charge in [0.1, 0.15) is 0 Å². The molecular formula is C21H33NO3. The summed E-state index contributed by atoms with van der Waals surface area (Å²) in [6, 6.07) is 6.06. The lowest BCUT2D eigenvalue weighted by atomic mass is 9.79. The zero-order valence-electron chi connectivity index (χ0n) is 17.4. The molecule has 0 N–H and O–H groups in total. The molecule has 0 amide bonds. The number of nitrogens with zero attached hydrogens (tertiary/aromatic N) is 1. The van der Waals surface area contributed by atoms with E-state index in [9.17, 15) is 10.0 Å². The molecule has 0 atom stereocenters. The molecule has 25 heavy (non-hydrogen) atoms. The van der Waals surface area contributed by atoms with Gasteiger partial charge in [-0.05, 0) is 34.1 Å². The lowest BCUT2D eigenvalue weighted by Gasteiger charge is -2.27. The van der Waals surface area contributed by atoms with Crippen molar-refractivity contribution in [1.29, 1.82) is 0 Å². The van der Waals surface area contributed by atoms with E-state index in [-0.39, 0.29) is 16.7 Å². The highest BCUT2D eigenvalue weighted by Gasteiger charge is 2.30. The van der Waals surface area contributed by atoms with Crippen molar-refractivity contribution in [2.45, 2.75) is 85.6 Å². The maximum atomic E-state index is 12.8. The molecule has 0 radical (unpaired) electrons. The van der Waals surface area contributed by atoms with Gasteiger partial charge in [-0.3, -0.25) is 4.79 Å². The van der Waals surface area contributed by atoms with Crippen LogP contribution in [0.1, 0.15) is 85.9 Å². The van der Waals surface area contributed by atoms with E-state index in [1.54, 1.807) is 20.8 Å². The first kappa shape index (κ1) is 21.2. The number of ether oxygens (including phenoxy) is 1. The smallest absolute Gasteiger partial charge is 0.389 e. The number of rotatable bonds is 1. The van der Waals surface area contributed by atoms with Gasteiger partial charge in [0, 0.05) is 27.7 Å². The van der Waals surface area contributed by atoms with Crippen LogP contribution in [-0.4, -0.2) is 22.1 Å². The summed E-state index contributed by atoms with van der Waals surface area (Å²) in [6.07, 6.45) is 0. The van der Waals surface area contributed by atoms with Gasteiger partial charge in [-0.25, -0.2) is 0 Å². The molecule has 4 nitrogen and oxygen atoms in total. The second-order valence-corrected chi connectivity index (χ2v) is 9.66. The van der Waals surface area contributed by atoms with Crippen LogP contribution in [0.4, 0.5) is 0 Å². The van der Waals surface area contributed by atoms with Crippen molar-refractivity contribution < 1.29 is 14.3 Å². The Morgan fingerprint density at radius 3 is 1.56 bits per heavy atom. The fourth-order valence-corrected chi connectivity index (χ4v) is 2.28. The molecule has 0 saturated heterocycles. The first-order valence-electron chi connectivity index (χ1n) is 8.72. The molecule has 1 aromatic carbocycles. The summed E-state index contributed by atoms with van der Waals surface area (Å²) < 4.78 is 6.13. The van der Waals surface area contributed by atoms with Crippen molar-refractivity contribution in [3.8, 4) is 0 Å². The third-order valence-corrected chi connectivity index (χ3v) is 3.95. The van der Waals surface area contributed by atoms with Crippen molar-refractivity contribution in [2.24, 2.45) is 0 Å². The minimum Gasteiger partial charge on any atom is -0.621 e. The van der Waals surface area contributed by atoms with Crippen LogP contribution in [0.2, 0.25) is 0 Å². The standard InChI is InChI=1S/C21H33NO3/c1-14(23)25-18(22(24)21(8,9)10)15-11-16(19(2,3)4)13-17(12-15)20(5,6)7/h11-13H,1-10H3. The fourth-order valence-electron chi connectivity index (χ4n) is 2.28. The van der Waals surface area contributed by atoms with Crippen molar-refractivity contribution in [1.82, 2.24) is 0 Å². The Labute approximate surface area is 152 Å². The monoisotopic (exact) mass is 347 g/mol. The largest absolute Gasteiger partial charge is 0.621 e. The van der Waals surface area contributed by atoms with Crippen molar-refractivity contribution in [3.63, 3.8) is 0 Å². The SMILES string of the molecule is CC(=O)OC(c1cc(C(C)(C)C)cc(C(C)(C)C)c1)=[N+]([O-])C(C)(C)C. The van der Waals surface area contributed by atoms with Gasteiger partial charge < -0.3 is 9.94 Å². The number of carbonyl (C=O) groups excluding carboxylic acids is 1. The number of benzene rings is 1. The zero-order chi connectivity index (χ0) is 19.8. The van der Waals surface area contributed by atoms with E-state index in [1.807, 2.05) is 12.1 Å². The van der Waals surface area contributed by atoms with E-state index in [4.69, 9.17) is 4.74 Å². The first-order chi connectivity index (χ1) is 11.0. The van der Waals surface area contributed by atoms with Crippen LogP contribution in [0.5, 0.6) is 0 Å². The van der Waals surface area contributed by atoms with E-state index in [0.29, 0.717) is 5.56 Å². The molecule has 0 heterocycles. The number of carbonyl (C=O) groups is 1. The molecule has 0 bridgehead atoms. The Kier molecular flexibility index (Phi) is 5.78. The molecule has 1 rings (SSSR count). The van der Waals surface area contributed by atoms with Gasteiger partial charge in [0.25, 0.3) is 0 Å². The van der Waals surface area contributed by atoms with Crippen LogP contribution < -0.4 is 0 Å². The molecule has 140 valence electrons. The molecule has 0 aliphatic heterocycles. The Bertz CT molecular complexity index is 648. The van der Waals surface area contributed by atoms with Crippen LogP contribution >= 0.6 is 0 Å². The van der Waals surface area contributed by atoms with E-state index in [1.165, 1.54) is 6.92 Å². The molecular weight excluding hydrogens is 314 g/mol. The Balaban J connectivity index is 3.79. The van der Waals surface area contributed by atoms with E-state index in [0.717, 1.165) is 15.9 Å². The molecule has 4 heteroatoms.